The van der Waals surface area contributed by atoms with Gasteiger partial charge in [-0.1, -0.05) is 23.8 Å². The first-order chi connectivity index (χ1) is 9.19. The molecule has 6 heteroatoms. The normalized spacial score (nSPS) is 11.5. The van der Waals surface area contributed by atoms with Crippen molar-refractivity contribution in [1.29, 1.82) is 0 Å². The Balaban J connectivity index is 2.49. The van der Waals surface area contributed by atoms with Crippen molar-refractivity contribution in [2.75, 3.05) is 20.1 Å². The second-order valence-corrected chi connectivity index (χ2v) is 4.90. The second kappa shape index (κ2) is 6.74. The summed E-state index contributed by atoms with van der Waals surface area (Å²) in [4.78, 5) is 13.1. The lowest BCUT2D eigenvalue weighted by Gasteiger charge is -2.19. The van der Waals surface area contributed by atoms with Crippen molar-refractivity contribution in [3.8, 4) is 0 Å². The van der Waals surface area contributed by atoms with Gasteiger partial charge >= 0.3 is 6.18 Å². The number of halogens is 3. The number of likely N-dealkylation sites (N-methyl/N-ethyl adjacent to an activating group) is 1. The Kier molecular flexibility index (Phi) is 5.56. The van der Waals surface area contributed by atoms with Crippen LogP contribution in [-0.2, 0) is 11.3 Å². The minimum atomic E-state index is -4.30. The van der Waals surface area contributed by atoms with E-state index in [4.69, 9.17) is 0 Å². The summed E-state index contributed by atoms with van der Waals surface area (Å²) in [6.45, 7) is 2.84. The molecule has 0 saturated heterocycles. The summed E-state index contributed by atoms with van der Waals surface area (Å²) in [5.41, 5.74) is 3.18. The van der Waals surface area contributed by atoms with Crippen molar-refractivity contribution in [1.82, 2.24) is 10.2 Å². The Labute approximate surface area is 116 Å². The maximum atomic E-state index is 12.0. The topological polar surface area (TPSA) is 32.3 Å². The SMILES string of the molecule is Cc1ccc(CN(C)C(=O)CNCC(F)(F)F)c(C)c1. The fraction of sp³-hybridized carbons (Fsp3) is 0.500. The zero-order valence-corrected chi connectivity index (χ0v) is 11.8. The van der Waals surface area contributed by atoms with E-state index in [1.165, 1.54) is 4.90 Å². The summed E-state index contributed by atoms with van der Waals surface area (Å²) in [5, 5.41) is 2.10. The van der Waals surface area contributed by atoms with Gasteiger partial charge in [-0.05, 0) is 25.0 Å². The third-order valence-corrected chi connectivity index (χ3v) is 2.93. The number of benzene rings is 1. The highest BCUT2D eigenvalue weighted by Gasteiger charge is 2.26. The van der Waals surface area contributed by atoms with Gasteiger partial charge in [0.05, 0.1) is 13.1 Å². The quantitative estimate of drug-likeness (QED) is 0.902. The molecule has 0 aliphatic rings. The number of hydrogen-bond acceptors (Lipinski definition) is 2. The molecule has 0 aliphatic heterocycles. The standard InChI is InChI=1S/C14H19F3N2O/c1-10-4-5-12(11(2)6-10)8-19(3)13(20)7-18-9-14(15,16)17/h4-6,18H,7-9H2,1-3H3. The molecule has 0 radical (unpaired) electrons. The molecule has 1 rings (SSSR count). The highest BCUT2D eigenvalue weighted by atomic mass is 19.4. The molecule has 1 aromatic carbocycles. The number of aryl methyl sites for hydroxylation is 2. The molecule has 0 heterocycles. The van der Waals surface area contributed by atoms with Crippen molar-refractivity contribution in [3.05, 3.63) is 34.9 Å². The molecular formula is C14H19F3N2O. The largest absolute Gasteiger partial charge is 0.401 e. The van der Waals surface area contributed by atoms with Gasteiger partial charge in [0, 0.05) is 13.6 Å². The smallest absolute Gasteiger partial charge is 0.340 e. The minimum absolute atomic E-state index is 0.319. The van der Waals surface area contributed by atoms with Crippen molar-refractivity contribution < 1.29 is 18.0 Å². The van der Waals surface area contributed by atoms with Crippen molar-refractivity contribution in [2.45, 2.75) is 26.6 Å². The van der Waals surface area contributed by atoms with E-state index in [0.29, 0.717) is 6.54 Å². The molecule has 0 aliphatic carbocycles. The van der Waals surface area contributed by atoms with Crippen LogP contribution in [0.5, 0.6) is 0 Å². The molecule has 3 nitrogen and oxygen atoms in total. The first kappa shape index (κ1) is 16.5. The number of nitrogens with one attached hydrogen (secondary N) is 1. The van der Waals surface area contributed by atoms with E-state index in [2.05, 4.69) is 5.32 Å². The summed E-state index contributed by atoms with van der Waals surface area (Å²) in [6, 6.07) is 5.88. The maximum Gasteiger partial charge on any atom is 0.401 e. The zero-order chi connectivity index (χ0) is 15.3. The molecule has 0 saturated carbocycles. The van der Waals surface area contributed by atoms with Gasteiger partial charge in [-0.3, -0.25) is 4.79 Å². The molecular weight excluding hydrogens is 269 g/mol. The van der Waals surface area contributed by atoms with E-state index in [0.717, 1.165) is 16.7 Å². The summed E-state index contributed by atoms with van der Waals surface area (Å²) in [6.07, 6.45) is -4.30. The number of carbonyl (C=O) groups is 1. The number of alkyl halides is 3. The number of amides is 1. The molecule has 1 aromatic rings. The van der Waals surface area contributed by atoms with Gasteiger partial charge in [0.15, 0.2) is 0 Å². The van der Waals surface area contributed by atoms with Gasteiger partial charge in [0.2, 0.25) is 5.91 Å². The number of rotatable bonds is 5. The highest BCUT2D eigenvalue weighted by Crippen LogP contribution is 2.13. The van der Waals surface area contributed by atoms with E-state index < -0.39 is 12.7 Å². The Bertz CT molecular complexity index is 472. The van der Waals surface area contributed by atoms with E-state index in [-0.39, 0.29) is 12.5 Å². The first-order valence-corrected chi connectivity index (χ1v) is 6.26. The lowest BCUT2D eigenvalue weighted by molar-refractivity contribution is -0.133. The average molecular weight is 288 g/mol. The lowest BCUT2D eigenvalue weighted by atomic mass is 10.1. The fourth-order valence-electron chi connectivity index (χ4n) is 1.81. The fourth-order valence-corrected chi connectivity index (χ4v) is 1.81. The summed E-state index contributed by atoms with van der Waals surface area (Å²) < 4.78 is 35.9. The second-order valence-electron chi connectivity index (χ2n) is 4.90. The summed E-state index contributed by atoms with van der Waals surface area (Å²) >= 11 is 0. The van der Waals surface area contributed by atoms with Crippen LogP contribution in [0.4, 0.5) is 13.2 Å². The summed E-state index contributed by atoms with van der Waals surface area (Å²) in [5.74, 6) is -0.366. The molecule has 20 heavy (non-hydrogen) atoms. The molecule has 1 N–H and O–H groups in total. The maximum absolute atomic E-state index is 12.0. The van der Waals surface area contributed by atoms with Crippen LogP contribution in [0.2, 0.25) is 0 Å². The lowest BCUT2D eigenvalue weighted by Crippen LogP contribution is -2.39. The van der Waals surface area contributed by atoms with Crippen LogP contribution < -0.4 is 5.32 Å². The van der Waals surface area contributed by atoms with Gasteiger partial charge in [0.25, 0.3) is 0 Å². The summed E-state index contributed by atoms with van der Waals surface area (Å²) in [7, 11) is 1.58. The van der Waals surface area contributed by atoms with Crippen LogP contribution >= 0.6 is 0 Å². The molecule has 0 atom stereocenters. The van der Waals surface area contributed by atoms with Crippen LogP contribution in [0.1, 0.15) is 16.7 Å². The van der Waals surface area contributed by atoms with Crippen molar-refractivity contribution >= 4 is 5.91 Å². The van der Waals surface area contributed by atoms with Gasteiger partial charge in [-0.25, -0.2) is 0 Å². The molecule has 112 valence electrons. The zero-order valence-electron chi connectivity index (χ0n) is 11.8. The van der Waals surface area contributed by atoms with Crippen molar-refractivity contribution in [3.63, 3.8) is 0 Å². The minimum Gasteiger partial charge on any atom is -0.340 e. The molecule has 0 bridgehead atoms. The van der Waals surface area contributed by atoms with Crippen LogP contribution in [0, 0.1) is 13.8 Å². The predicted molar refractivity (Wildman–Crippen MR) is 71.3 cm³/mol. The third-order valence-electron chi connectivity index (χ3n) is 2.93. The van der Waals surface area contributed by atoms with Crippen LogP contribution in [-0.4, -0.2) is 37.1 Å². The van der Waals surface area contributed by atoms with E-state index in [9.17, 15) is 18.0 Å². The van der Waals surface area contributed by atoms with E-state index in [1.54, 1.807) is 7.05 Å². The number of hydrogen-bond donors (Lipinski definition) is 1. The van der Waals surface area contributed by atoms with Gasteiger partial charge in [0.1, 0.15) is 0 Å². The van der Waals surface area contributed by atoms with E-state index >= 15 is 0 Å². The Morgan fingerprint density at radius 3 is 2.50 bits per heavy atom. The number of nitrogens with zero attached hydrogens (tertiary/aromatic N) is 1. The molecule has 0 spiro atoms. The van der Waals surface area contributed by atoms with Gasteiger partial charge < -0.3 is 10.2 Å². The molecule has 0 fully saturated rings. The Hall–Kier alpha value is -1.56. The molecule has 0 unspecified atom stereocenters. The van der Waals surface area contributed by atoms with Crippen molar-refractivity contribution in [2.24, 2.45) is 0 Å². The van der Waals surface area contributed by atoms with E-state index in [1.807, 2.05) is 32.0 Å². The Morgan fingerprint density at radius 1 is 1.30 bits per heavy atom. The van der Waals surface area contributed by atoms with Crippen LogP contribution in [0.15, 0.2) is 18.2 Å². The molecule has 1 amide bonds. The monoisotopic (exact) mass is 288 g/mol. The highest BCUT2D eigenvalue weighted by molar-refractivity contribution is 5.78. The Morgan fingerprint density at radius 2 is 1.95 bits per heavy atom. The average Bonchev–Trinajstić information content (AvgIpc) is 2.30. The van der Waals surface area contributed by atoms with Gasteiger partial charge in [-0.15, -0.1) is 0 Å². The van der Waals surface area contributed by atoms with Crippen LogP contribution in [0.3, 0.4) is 0 Å². The third kappa shape index (κ3) is 5.61. The van der Waals surface area contributed by atoms with Crippen LogP contribution in [0.25, 0.3) is 0 Å². The number of carbonyl (C=O) groups excluding carboxylic acids is 1. The first-order valence-electron chi connectivity index (χ1n) is 6.26. The van der Waals surface area contributed by atoms with Gasteiger partial charge in [-0.2, -0.15) is 13.2 Å². The predicted octanol–water partition coefficient (Wildman–Crippen LogP) is 2.41. The molecule has 0 aromatic heterocycles.